The molecule has 4 N–H and O–H groups in total. The fraction of sp³-hybridized carbons (Fsp3) is 0.727. The predicted molar refractivity (Wildman–Crippen MR) is 76.1 cm³/mol. The second kappa shape index (κ2) is 6.88. The molecule has 0 aromatic carbocycles. The van der Waals surface area contributed by atoms with Crippen LogP contribution in [-0.2, 0) is 0 Å². The lowest BCUT2D eigenvalue weighted by atomic mass is 10.4. The maximum absolute atomic E-state index is 8.94. The fourth-order valence-corrected chi connectivity index (χ4v) is 2.80. The van der Waals surface area contributed by atoms with Crippen molar-refractivity contribution in [2.45, 2.75) is 36.6 Å². The predicted octanol–water partition coefficient (Wildman–Crippen LogP) is 0.620. The Morgan fingerprint density at radius 1 is 1.37 bits per heavy atom. The molecule has 2 heterocycles. The van der Waals surface area contributed by atoms with Gasteiger partial charge < -0.3 is 10.0 Å². The molecule has 0 aliphatic carbocycles. The van der Waals surface area contributed by atoms with Gasteiger partial charge in [-0.25, -0.2) is 5.84 Å². The smallest absolute Gasteiger partial charge is 0.242 e. The molecule has 1 aliphatic rings. The molecule has 8 heteroatoms. The van der Waals surface area contributed by atoms with Gasteiger partial charge in [0.05, 0.1) is 0 Å². The van der Waals surface area contributed by atoms with E-state index >= 15 is 0 Å². The van der Waals surface area contributed by atoms with E-state index in [1.54, 1.807) is 0 Å². The molecule has 0 amide bonds. The summed E-state index contributed by atoms with van der Waals surface area (Å²) in [7, 11) is 0. The molecule has 0 radical (unpaired) electrons. The molecule has 1 unspecified atom stereocenters. The third-order valence-corrected chi connectivity index (χ3v) is 3.99. The number of thioether (sulfide) groups is 1. The van der Waals surface area contributed by atoms with Crippen LogP contribution in [0.5, 0.6) is 0 Å². The minimum Gasteiger partial charge on any atom is -0.396 e. The van der Waals surface area contributed by atoms with Crippen LogP contribution in [0.25, 0.3) is 0 Å². The number of hydrazine groups is 1. The number of nitrogen functional groups attached to an aromatic ring is 1. The lowest BCUT2D eigenvalue weighted by Crippen LogP contribution is -2.23. The van der Waals surface area contributed by atoms with Crippen molar-refractivity contribution in [3.05, 3.63) is 0 Å². The highest BCUT2D eigenvalue weighted by atomic mass is 32.2. The largest absolute Gasteiger partial charge is 0.396 e. The van der Waals surface area contributed by atoms with Crippen molar-refractivity contribution in [1.29, 1.82) is 0 Å². The molecule has 0 spiro atoms. The summed E-state index contributed by atoms with van der Waals surface area (Å²) in [4.78, 5) is 15.2. The average Bonchev–Trinajstić information content (AvgIpc) is 2.92. The van der Waals surface area contributed by atoms with Crippen LogP contribution >= 0.6 is 11.8 Å². The van der Waals surface area contributed by atoms with Gasteiger partial charge in [0.15, 0.2) is 5.16 Å². The second-order valence-corrected chi connectivity index (χ2v) is 5.93. The van der Waals surface area contributed by atoms with Crippen molar-refractivity contribution in [1.82, 2.24) is 15.0 Å². The van der Waals surface area contributed by atoms with E-state index in [0.29, 0.717) is 23.5 Å². The van der Waals surface area contributed by atoms with Gasteiger partial charge in [0.25, 0.3) is 0 Å². The molecule has 106 valence electrons. The van der Waals surface area contributed by atoms with Crippen LogP contribution in [-0.4, -0.2) is 45.0 Å². The standard InChI is InChI=1S/C11H20N6OS/c1-8(4-7-18)19-11-14-9(16-12)13-10(15-11)17-5-2-3-6-17/h8,18H,2-7,12H2,1H3,(H,13,14,15,16). The normalized spacial score (nSPS) is 16.7. The molecule has 1 saturated heterocycles. The van der Waals surface area contributed by atoms with Gasteiger partial charge in [0.1, 0.15) is 0 Å². The van der Waals surface area contributed by atoms with Gasteiger partial charge in [-0.05, 0) is 19.3 Å². The number of aliphatic hydroxyl groups excluding tert-OH is 1. The molecule has 0 saturated carbocycles. The Bertz CT molecular complexity index is 412. The van der Waals surface area contributed by atoms with E-state index in [0.717, 1.165) is 13.1 Å². The van der Waals surface area contributed by atoms with Crippen LogP contribution < -0.4 is 16.2 Å². The molecule has 1 fully saturated rings. The zero-order chi connectivity index (χ0) is 13.7. The first kappa shape index (κ1) is 14.3. The van der Waals surface area contributed by atoms with Gasteiger partial charge >= 0.3 is 0 Å². The van der Waals surface area contributed by atoms with Crippen LogP contribution in [0.4, 0.5) is 11.9 Å². The summed E-state index contributed by atoms with van der Waals surface area (Å²) in [6, 6.07) is 0. The molecule has 1 aromatic rings. The minimum atomic E-state index is 0.167. The third-order valence-electron chi connectivity index (χ3n) is 2.96. The summed E-state index contributed by atoms with van der Waals surface area (Å²) in [6.07, 6.45) is 3.04. The third kappa shape index (κ3) is 3.92. The highest BCUT2D eigenvalue weighted by Gasteiger charge is 2.18. The second-order valence-electron chi connectivity index (χ2n) is 4.52. The minimum absolute atomic E-state index is 0.167. The summed E-state index contributed by atoms with van der Waals surface area (Å²) >= 11 is 1.53. The monoisotopic (exact) mass is 284 g/mol. The molecule has 7 nitrogen and oxygen atoms in total. The Hall–Kier alpha value is -1.12. The molecule has 2 rings (SSSR count). The first-order valence-electron chi connectivity index (χ1n) is 6.48. The number of anilines is 2. The first-order valence-corrected chi connectivity index (χ1v) is 7.36. The van der Waals surface area contributed by atoms with E-state index < -0.39 is 0 Å². The van der Waals surface area contributed by atoms with Gasteiger partial charge in [-0.2, -0.15) is 15.0 Å². The van der Waals surface area contributed by atoms with Gasteiger partial charge in [-0.15, -0.1) is 0 Å². The lowest BCUT2D eigenvalue weighted by molar-refractivity contribution is 0.289. The van der Waals surface area contributed by atoms with Crippen LogP contribution in [0.2, 0.25) is 0 Å². The van der Waals surface area contributed by atoms with Crippen molar-refractivity contribution < 1.29 is 5.11 Å². The lowest BCUT2D eigenvalue weighted by Gasteiger charge is -2.17. The van der Waals surface area contributed by atoms with Crippen molar-refractivity contribution in [2.24, 2.45) is 5.84 Å². The summed E-state index contributed by atoms with van der Waals surface area (Å²) in [5.74, 6) is 6.47. The highest BCUT2D eigenvalue weighted by Crippen LogP contribution is 2.25. The van der Waals surface area contributed by atoms with Gasteiger partial charge in [0, 0.05) is 24.9 Å². The van der Waals surface area contributed by atoms with Gasteiger partial charge in [-0.1, -0.05) is 18.7 Å². The van der Waals surface area contributed by atoms with E-state index in [9.17, 15) is 0 Å². The molecule has 1 atom stereocenters. The van der Waals surface area contributed by atoms with Crippen molar-refractivity contribution in [2.75, 3.05) is 30.0 Å². The Morgan fingerprint density at radius 2 is 2.11 bits per heavy atom. The quantitative estimate of drug-likeness (QED) is 0.397. The number of aliphatic hydroxyl groups is 1. The van der Waals surface area contributed by atoms with E-state index in [-0.39, 0.29) is 11.9 Å². The van der Waals surface area contributed by atoms with E-state index in [2.05, 4.69) is 25.3 Å². The van der Waals surface area contributed by atoms with E-state index in [1.807, 2.05) is 6.92 Å². The van der Waals surface area contributed by atoms with Crippen LogP contribution in [0.15, 0.2) is 5.16 Å². The zero-order valence-corrected chi connectivity index (χ0v) is 11.9. The number of nitrogens with two attached hydrogens (primary N) is 1. The maximum atomic E-state index is 8.94. The maximum Gasteiger partial charge on any atom is 0.242 e. The summed E-state index contributed by atoms with van der Waals surface area (Å²) in [5.41, 5.74) is 2.48. The van der Waals surface area contributed by atoms with Crippen LogP contribution in [0, 0.1) is 0 Å². The molecule has 1 aliphatic heterocycles. The number of hydrogen-bond donors (Lipinski definition) is 3. The molecular weight excluding hydrogens is 264 g/mol. The number of nitrogens with one attached hydrogen (secondary N) is 1. The number of hydrogen-bond acceptors (Lipinski definition) is 8. The Labute approximate surface area is 117 Å². The SMILES string of the molecule is CC(CCO)Sc1nc(NN)nc(N2CCCC2)n1. The van der Waals surface area contributed by atoms with Gasteiger partial charge in [0.2, 0.25) is 11.9 Å². The topological polar surface area (TPSA) is 100 Å². The van der Waals surface area contributed by atoms with Gasteiger partial charge in [-0.3, -0.25) is 5.43 Å². The Morgan fingerprint density at radius 3 is 2.74 bits per heavy atom. The van der Waals surface area contributed by atoms with Crippen LogP contribution in [0.3, 0.4) is 0 Å². The number of rotatable bonds is 6. The van der Waals surface area contributed by atoms with Crippen LogP contribution in [0.1, 0.15) is 26.2 Å². The molecule has 1 aromatic heterocycles. The summed E-state index contributed by atoms with van der Waals surface area (Å²) in [6.45, 7) is 4.16. The zero-order valence-electron chi connectivity index (χ0n) is 11.0. The fourth-order valence-electron chi connectivity index (χ4n) is 1.94. The molecule has 0 bridgehead atoms. The van der Waals surface area contributed by atoms with Crippen molar-refractivity contribution >= 4 is 23.7 Å². The molecule has 19 heavy (non-hydrogen) atoms. The van der Waals surface area contributed by atoms with Crippen molar-refractivity contribution in [3.8, 4) is 0 Å². The average molecular weight is 284 g/mol. The highest BCUT2D eigenvalue weighted by molar-refractivity contribution is 7.99. The van der Waals surface area contributed by atoms with Crippen molar-refractivity contribution in [3.63, 3.8) is 0 Å². The number of nitrogens with zero attached hydrogens (tertiary/aromatic N) is 4. The first-order chi connectivity index (χ1) is 9.22. The Balaban J connectivity index is 2.15. The van der Waals surface area contributed by atoms with E-state index in [1.165, 1.54) is 24.6 Å². The molecular formula is C11H20N6OS. The summed E-state index contributed by atoms with van der Waals surface area (Å²) < 4.78 is 0. The van der Waals surface area contributed by atoms with E-state index in [4.69, 9.17) is 10.9 Å². The summed E-state index contributed by atoms with van der Waals surface area (Å²) in [5, 5.41) is 9.83. The Kier molecular flexibility index (Phi) is 5.17. The number of aromatic nitrogens is 3.